The van der Waals surface area contributed by atoms with E-state index in [0.29, 0.717) is 23.7 Å². The number of hydrogen-bond donors (Lipinski definition) is 0. The SMILES string of the molecule is CC(C)C(c1ccccc1)C(c1ccccc1)C(C)C. The minimum atomic E-state index is 0.568. The molecule has 0 aromatic heterocycles. The van der Waals surface area contributed by atoms with E-state index in [-0.39, 0.29) is 0 Å². The van der Waals surface area contributed by atoms with Crippen molar-refractivity contribution in [3.8, 4) is 0 Å². The molecule has 0 radical (unpaired) electrons. The highest BCUT2D eigenvalue weighted by Crippen LogP contribution is 2.42. The highest BCUT2D eigenvalue weighted by atomic mass is 14.3. The summed E-state index contributed by atoms with van der Waals surface area (Å²) in [5.74, 6) is 2.40. The molecule has 0 bridgehead atoms. The molecule has 0 saturated heterocycles. The summed E-state index contributed by atoms with van der Waals surface area (Å²) < 4.78 is 0. The highest BCUT2D eigenvalue weighted by Gasteiger charge is 2.29. The minimum Gasteiger partial charge on any atom is -0.0622 e. The van der Waals surface area contributed by atoms with E-state index in [1.165, 1.54) is 11.1 Å². The molecule has 2 rings (SSSR count). The molecular formula is C20H26. The lowest BCUT2D eigenvalue weighted by Gasteiger charge is -2.34. The van der Waals surface area contributed by atoms with E-state index in [1.54, 1.807) is 0 Å². The van der Waals surface area contributed by atoms with Crippen molar-refractivity contribution in [1.82, 2.24) is 0 Å². The van der Waals surface area contributed by atoms with E-state index in [4.69, 9.17) is 0 Å². The molecule has 2 aromatic rings. The third-order valence-corrected chi connectivity index (χ3v) is 4.19. The van der Waals surface area contributed by atoms with Gasteiger partial charge in [0.15, 0.2) is 0 Å². The molecule has 0 amide bonds. The Balaban J connectivity index is 2.44. The van der Waals surface area contributed by atoms with Gasteiger partial charge in [-0.25, -0.2) is 0 Å². The van der Waals surface area contributed by atoms with Gasteiger partial charge in [0.05, 0.1) is 0 Å². The van der Waals surface area contributed by atoms with Crippen molar-refractivity contribution in [3.05, 3.63) is 71.8 Å². The molecule has 0 heteroatoms. The third-order valence-electron chi connectivity index (χ3n) is 4.19. The van der Waals surface area contributed by atoms with Crippen LogP contribution in [0.2, 0.25) is 0 Å². The largest absolute Gasteiger partial charge is 0.0622 e. The number of benzene rings is 2. The Morgan fingerprint density at radius 2 is 0.800 bits per heavy atom. The summed E-state index contributed by atoms with van der Waals surface area (Å²) in [4.78, 5) is 0. The van der Waals surface area contributed by atoms with E-state index in [9.17, 15) is 0 Å². The van der Waals surface area contributed by atoms with Crippen LogP contribution in [0.4, 0.5) is 0 Å². The zero-order valence-electron chi connectivity index (χ0n) is 13.1. The molecular weight excluding hydrogens is 240 g/mol. The third kappa shape index (κ3) is 3.30. The van der Waals surface area contributed by atoms with Gasteiger partial charge in [-0.05, 0) is 34.8 Å². The summed E-state index contributed by atoms with van der Waals surface area (Å²) in [6, 6.07) is 22.0. The van der Waals surface area contributed by atoms with Gasteiger partial charge in [-0.15, -0.1) is 0 Å². The Kier molecular flexibility index (Phi) is 5.00. The summed E-state index contributed by atoms with van der Waals surface area (Å²) >= 11 is 0. The smallest absolute Gasteiger partial charge is 0.00676 e. The van der Waals surface area contributed by atoms with Crippen molar-refractivity contribution in [2.45, 2.75) is 39.5 Å². The van der Waals surface area contributed by atoms with Crippen LogP contribution in [0.25, 0.3) is 0 Å². The van der Waals surface area contributed by atoms with Gasteiger partial charge in [0, 0.05) is 0 Å². The Morgan fingerprint density at radius 1 is 0.500 bits per heavy atom. The average Bonchev–Trinajstić information content (AvgIpc) is 2.45. The Hall–Kier alpha value is -1.56. The lowest BCUT2D eigenvalue weighted by atomic mass is 9.70. The molecule has 0 aliphatic carbocycles. The first-order valence-electron chi connectivity index (χ1n) is 7.71. The topological polar surface area (TPSA) is 0 Å². The van der Waals surface area contributed by atoms with Crippen LogP contribution in [-0.2, 0) is 0 Å². The molecule has 20 heavy (non-hydrogen) atoms. The van der Waals surface area contributed by atoms with Gasteiger partial charge >= 0.3 is 0 Å². The lowest BCUT2D eigenvalue weighted by Crippen LogP contribution is -2.21. The maximum absolute atomic E-state index is 2.34. The first-order chi connectivity index (χ1) is 9.61. The summed E-state index contributed by atoms with van der Waals surface area (Å²) in [7, 11) is 0. The predicted molar refractivity (Wildman–Crippen MR) is 88.0 cm³/mol. The number of rotatable bonds is 5. The Bertz CT molecular complexity index is 447. The molecule has 0 saturated carbocycles. The van der Waals surface area contributed by atoms with Crippen LogP contribution in [0.1, 0.15) is 50.7 Å². The summed E-state index contributed by atoms with van der Waals surface area (Å²) in [6.45, 7) is 9.37. The molecule has 0 heterocycles. The van der Waals surface area contributed by atoms with E-state index < -0.39 is 0 Å². The highest BCUT2D eigenvalue weighted by molar-refractivity contribution is 5.29. The molecule has 2 atom stereocenters. The second-order valence-corrected chi connectivity index (χ2v) is 6.36. The lowest BCUT2D eigenvalue weighted by molar-refractivity contribution is 0.347. The van der Waals surface area contributed by atoms with Crippen LogP contribution in [0.3, 0.4) is 0 Å². The van der Waals surface area contributed by atoms with E-state index >= 15 is 0 Å². The van der Waals surface area contributed by atoms with E-state index in [1.807, 2.05) is 0 Å². The zero-order chi connectivity index (χ0) is 14.5. The summed E-state index contributed by atoms with van der Waals surface area (Å²) in [5, 5.41) is 0. The monoisotopic (exact) mass is 266 g/mol. The molecule has 2 aromatic carbocycles. The van der Waals surface area contributed by atoms with Crippen LogP contribution < -0.4 is 0 Å². The van der Waals surface area contributed by atoms with E-state index in [0.717, 1.165) is 0 Å². The Labute approximate surface area is 123 Å². The van der Waals surface area contributed by atoms with Gasteiger partial charge in [0.1, 0.15) is 0 Å². The summed E-state index contributed by atoms with van der Waals surface area (Å²) in [5.41, 5.74) is 2.93. The van der Waals surface area contributed by atoms with Crippen LogP contribution in [0.5, 0.6) is 0 Å². The fraction of sp³-hybridized carbons (Fsp3) is 0.400. The van der Waals surface area contributed by atoms with Crippen LogP contribution in [-0.4, -0.2) is 0 Å². The first-order valence-corrected chi connectivity index (χ1v) is 7.71. The zero-order valence-corrected chi connectivity index (χ0v) is 13.1. The predicted octanol–water partition coefficient (Wildman–Crippen LogP) is 5.87. The molecule has 0 fully saturated rings. The van der Waals surface area contributed by atoms with Crippen molar-refractivity contribution in [1.29, 1.82) is 0 Å². The van der Waals surface area contributed by atoms with Gasteiger partial charge in [-0.1, -0.05) is 88.4 Å². The Morgan fingerprint density at radius 3 is 1.05 bits per heavy atom. The van der Waals surface area contributed by atoms with Crippen LogP contribution >= 0.6 is 0 Å². The molecule has 0 aliphatic rings. The first kappa shape index (κ1) is 14.8. The van der Waals surface area contributed by atoms with Gasteiger partial charge in [-0.3, -0.25) is 0 Å². The second-order valence-electron chi connectivity index (χ2n) is 6.36. The van der Waals surface area contributed by atoms with E-state index in [2.05, 4.69) is 88.4 Å². The van der Waals surface area contributed by atoms with Gasteiger partial charge in [0.2, 0.25) is 0 Å². The number of hydrogen-bond acceptors (Lipinski definition) is 0. The van der Waals surface area contributed by atoms with Gasteiger partial charge in [-0.2, -0.15) is 0 Å². The molecule has 0 N–H and O–H groups in total. The maximum atomic E-state index is 2.34. The normalized spacial score (nSPS) is 14.5. The fourth-order valence-corrected chi connectivity index (χ4v) is 3.36. The quantitative estimate of drug-likeness (QED) is 0.635. The van der Waals surface area contributed by atoms with Crippen molar-refractivity contribution >= 4 is 0 Å². The van der Waals surface area contributed by atoms with Crippen molar-refractivity contribution in [3.63, 3.8) is 0 Å². The summed E-state index contributed by atoms with van der Waals surface area (Å²) in [6.07, 6.45) is 0. The van der Waals surface area contributed by atoms with Crippen LogP contribution in [0.15, 0.2) is 60.7 Å². The molecule has 0 spiro atoms. The molecule has 0 aliphatic heterocycles. The molecule has 2 unspecified atom stereocenters. The molecule has 0 nitrogen and oxygen atoms in total. The second kappa shape index (κ2) is 6.74. The van der Waals surface area contributed by atoms with Crippen molar-refractivity contribution in [2.75, 3.05) is 0 Å². The molecule has 106 valence electrons. The maximum Gasteiger partial charge on any atom is -0.00676 e. The van der Waals surface area contributed by atoms with Gasteiger partial charge < -0.3 is 0 Å². The van der Waals surface area contributed by atoms with Crippen molar-refractivity contribution in [2.24, 2.45) is 11.8 Å². The van der Waals surface area contributed by atoms with Crippen LogP contribution in [0, 0.1) is 11.8 Å². The average molecular weight is 266 g/mol. The fourth-order valence-electron chi connectivity index (χ4n) is 3.36. The standard InChI is InChI=1S/C20H26/c1-15(2)19(17-11-7-5-8-12-17)20(16(3)4)18-13-9-6-10-14-18/h5-16,19-20H,1-4H3. The van der Waals surface area contributed by atoms with Gasteiger partial charge in [0.25, 0.3) is 0 Å². The van der Waals surface area contributed by atoms with Crippen molar-refractivity contribution < 1.29 is 0 Å². The minimum absolute atomic E-state index is 0.568.